The summed E-state index contributed by atoms with van der Waals surface area (Å²) < 4.78 is 0. The molecule has 0 aliphatic heterocycles. The second-order valence-corrected chi connectivity index (χ2v) is 14.6. The number of imidazole rings is 1. The van der Waals surface area contributed by atoms with E-state index in [1.165, 1.54) is 50.6 Å². The number of rotatable bonds is 21. The Labute approximate surface area is 339 Å². The highest BCUT2D eigenvalue weighted by molar-refractivity contribution is 5.97. The number of carboxylic acid groups (broad SMARTS) is 1. The monoisotopic (exact) mass is 819 g/mol. The molecular formula is C40H53N9O10. The molecule has 318 valence electrons. The Bertz CT molecular complexity index is 2050. The third kappa shape index (κ3) is 12.6. The summed E-state index contributed by atoms with van der Waals surface area (Å²) >= 11 is 0. The number of amides is 5. The number of carboxylic acids is 1. The lowest BCUT2D eigenvalue weighted by atomic mass is 9.96. The number of phenolic OH excluding ortho intramolecular Hbond substituents is 1. The van der Waals surface area contributed by atoms with E-state index in [1.54, 1.807) is 26.1 Å². The maximum absolute atomic E-state index is 14.4. The molecule has 4 aromatic rings. The molecule has 0 aliphatic carbocycles. The minimum atomic E-state index is -1.62. The zero-order valence-corrected chi connectivity index (χ0v) is 33.1. The van der Waals surface area contributed by atoms with Crippen molar-refractivity contribution in [2.45, 2.75) is 102 Å². The molecule has 13 N–H and O–H groups in total. The molecule has 4 rings (SSSR count). The zero-order chi connectivity index (χ0) is 43.4. The largest absolute Gasteiger partial charge is 0.508 e. The Morgan fingerprint density at radius 1 is 0.712 bits per heavy atom. The molecular weight excluding hydrogens is 766 g/mol. The number of carbonyl (C=O) groups is 6. The number of aliphatic carboxylic acids is 1. The average molecular weight is 820 g/mol. The van der Waals surface area contributed by atoms with E-state index in [4.69, 9.17) is 5.73 Å². The molecule has 0 unspecified atom stereocenters. The van der Waals surface area contributed by atoms with Gasteiger partial charge in [0.15, 0.2) is 0 Å². The van der Waals surface area contributed by atoms with Gasteiger partial charge in [-0.1, -0.05) is 50.6 Å². The van der Waals surface area contributed by atoms with Crippen LogP contribution in [-0.4, -0.2) is 119 Å². The maximum atomic E-state index is 14.4. The van der Waals surface area contributed by atoms with Gasteiger partial charge in [0.2, 0.25) is 29.5 Å². The summed E-state index contributed by atoms with van der Waals surface area (Å²) in [5, 5.41) is 53.6. The molecule has 0 bridgehead atoms. The molecule has 19 heteroatoms. The number of nitrogens with zero attached hydrogens (tertiary/aromatic N) is 1. The molecule has 2 heterocycles. The van der Waals surface area contributed by atoms with Gasteiger partial charge in [0.25, 0.3) is 0 Å². The fraction of sp³-hybridized carbons (Fsp3) is 0.425. The van der Waals surface area contributed by atoms with Crippen LogP contribution in [0, 0.1) is 5.92 Å². The number of carbonyl (C=O) groups excluding carboxylic acids is 5. The number of aliphatic hydroxyl groups excluding tert-OH is 2. The Balaban J connectivity index is 1.66. The van der Waals surface area contributed by atoms with Crippen LogP contribution in [0.1, 0.15) is 50.9 Å². The quantitative estimate of drug-likeness (QED) is 0.0495. The molecule has 5 amide bonds. The van der Waals surface area contributed by atoms with Crippen LogP contribution in [0.15, 0.2) is 67.3 Å². The number of nitrogens with two attached hydrogens (primary N) is 1. The second kappa shape index (κ2) is 20.9. The number of benzene rings is 2. The van der Waals surface area contributed by atoms with Crippen LogP contribution in [0.4, 0.5) is 0 Å². The summed E-state index contributed by atoms with van der Waals surface area (Å²) in [4.78, 5) is 90.8. The minimum Gasteiger partial charge on any atom is -0.508 e. The van der Waals surface area contributed by atoms with Gasteiger partial charge in [-0.2, -0.15) is 0 Å². The number of H-pyrrole nitrogens is 2. The van der Waals surface area contributed by atoms with E-state index in [1.807, 2.05) is 18.2 Å². The third-order valence-corrected chi connectivity index (χ3v) is 10.0. The first-order valence-corrected chi connectivity index (χ1v) is 19.1. The van der Waals surface area contributed by atoms with Crippen LogP contribution in [0.5, 0.6) is 5.75 Å². The van der Waals surface area contributed by atoms with Gasteiger partial charge in [-0.05, 0) is 49.1 Å². The first kappa shape index (κ1) is 45.4. The second-order valence-electron chi connectivity index (χ2n) is 14.6. The lowest BCUT2D eigenvalue weighted by molar-refractivity contribution is -0.142. The van der Waals surface area contributed by atoms with Crippen molar-refractivity contribution in [3.05, 3.63) is 84.1 Å². The van der Waals surface area contributed by atoms with Gasteiger partial charge in [-0.3, -0.25) is 24.0 Å². The van der Waals surface area contributed by atoms with E-state index in [-0.39, 0.29) is 25.0 Å². The lowest BCUT2D eigenvalue weighted by Crippen LogP contribution is -2.62. The number of hydrogen-bond donors (Lipinski definition) is 12. The van der Waals surface area contributed by atoms with E-state index < -0.39 is 89.9 Å². The van der Waals surface area contributed by atoms with Gasteiger partial charge in [0, 0.05) is 48.3 Å². The fourth-order valence-corrected chi connectivity index (χ4v) is 6.25. The number of aromatic hydroxyl groups is 1. The number of fused-ring (bicyclic) bond motifs is 1. The Morgan fingerprint density at radius 2 is 1.31 bits per heavy atom. The van der Waals surface area contributed by atoms with Crippen molar-refractivity contribution in [2.75, 3.05) is 0 Å². The van der Waals surface area contributed by atoms with E-state index in [2.05, 4.69) is 41.5 Å². The molecule has 59 heavy (non-hydrogen) atoms. The number of aromatic nitrogens is 3. The topological polar surface area (TPSA) is 314 Å². The van der Waals surface area contributed by atoms with E-state index >= 15 is 0 Å². The number of aromatic amines is 2. The van der Waals surface area contributed by atoms with Crippen molar-refractivity contribution >= 4 is 46.4 Å². The fourth-order valence-electron chi connectivity index (χ4n) is 6.25. The van der Waals surface area contributed by atoms with Crippen LogP contribution in [0.3, 0.4) is 0 Å². The number of aliphatic hydroxyl groups is 2. The maximum Gasteiger partial charge on any atom is 0.326 e. The average Bonchev–Trinajstić information content (AvgIpc) is 3.88. The number of para-hydroxylation sites is 1. The first-order chi connectivity index (χ1) is 28.0. The van der Waals surface area contributed by atoms with Gasteiger partial charge in [0.05, 0.1) is 18.5 Å². The van der Waals surface area contributed by atoms with E-state index in [0.717, 1.165) is 10.9 Å². The van der Waals surface area contributed by atoms with Crippen LogP contribution in [-0.2, 0) is 48.0 Å². The predicted molar refractivity (Wildman–Crippen MR) is 214 cm³/mol. The summed E-state index contributed by atoms with van der Waals surface area (Å²) in [6, 6.07) is 4.56. The van der Waals surface area contributed by atoms with Gasteiger partial charge >= 0.3 is 5.97 Å². The minimum absolute atomic E-state index is 0.0588. The molecule has 0 aliphatic rings. The van der Waals surface area contributed by atoms with Crippen molar-refractivity contribution < 1.29 is 49.2 Å². The van der Waals surface area contributed by atoms with Crippen LogP contribution in [0.2, 0.25) is 0 Å². The Kier molecular flexibility index (Phi) is 16.1. The zero-order valence-electron chi connectivity index (χ0n) is 33.1. The van der Waals surface area contributed by atoms with Gasteiger partial charge in [0.1, 0.15) is 42.0 Å². The van der Waals surface area contributed by atoms with Gasteiger partial charge < -0.3 is 62.7 Å². The molecule has 19 nitrogen and oxygen atoms in total. The highest BCUT2D eigenvalue weighted by Gasteiger charge is 2.36. The number of phenols is 1. The molecule has 0 saturated heterocycles. The third-order valence-electron chi connectivity index (χ3n) is 10.0. The van der Waals surface area contributed by atoms with Gasteiger partial charge in [-0.15, -0.1) is 0 Å². The lowest BCUT2D eigenvalue weighted by Gasteiger charge is -2.29. The molecule has 0 spiro atoms. The van der Waals surface area contributed by atoms with E-state index in [0.29, 0.717) is 23.2 Å². The summed E-state index contributed by atoms with van der Waals surface area (Å²) in [6.45, 7) is 6.00. The van der Waals surface area contributed by atoms with Crippen molar-refractivity contribution in [1.29, 1.82) is 0 Å². The summed E-state index contributed by atoms with van der Waals surface area (Å²) in [5.74, 6) is -6.21. The van der Waals surface area contributed by atoms with Crippen molar-refractivity contribution in [1.82, 2.24) is 41.5 Å². The van der Waals surface area contributed by atoms with Crippen LogP contribution >= 0.6 is 0 Å². The predicted octanol–water partition coefficient (Wildman–Crippen LogP) is -0.732. The molecule has 0 saturated carbocycles. The van der Waals surface area contributed by atoms with Crippen molar-refractivity contribution in [3.63, 3.8) is 0 Å². The normalized spacial score (nSPS) is 15.9. The highest BCUT2D eigenvalue weighted by atomic mass is 16.4. The first-order valence-electron chi connectivity index (χ1n) is 19.1. The van der Waals surface area contributed by atoms with E-state index in [9.17, 15) is 49.2 Å². The molecule has 9 atom stereocenters. The molecule has 2 aromatic carbocycles. The van der Waals surface area contributed by atoms with Crippen LogP contribution < -0.4 is 32.3 Å². The highest BCUT2D eigenvalue weighted by Crippen LogP contribution is 2.20. The summed E-state index contributed by atoms with van der Waals surface area (Å²) in [5.41, 5.74) is 8.05. The van der Waals surface area contributed by atoms with Gasteiger partial charge in [-0.25, -0.2) is 9.78 Å². The Morgan fingerprint density at radius 3 is 1.92 bits per heavy atom. The molecule has 0 fully saturated rings. The molecule has 2 aromatic heterocycles. The van der Waals surface area contributed by atoms with Crippen molar-refractivity contribution in [2.24, 2.45) is 11.7 Å². The van der Waals surface area contributed by atoms with Crippen molar-refractivity contribution in [3.8, 4) is 5.75 Å². The smallest absolute Gasteiger partial charge is 0.326 e. The number of nitrogens with one attached hydrogen (secondary N) is 7. The standard InChI is InChI=1S/C40H53N9O10/c1-5-20(2)33(38(56)47-31(40(58)59)16-25-18-42-19-44-25)48-36(54)30(15-24-17-43-28-9-7-6-8-27(24)28)45-35(53)29(14-23-10-12-26(52)13-11-23)46-39(57)34(22(4)51)49-37(55)32(41)21(3)50/h6-13,17-22,29-34,43,50-52H,5,14-16,41H2,1-4H3,(H,42,44)(H,45,53)(H,46,57)(H,47,56)(H,48,54)(H,49,55)(H,58,59)/t20-,21+,22+,29-,30-,31-,32-,33-,34-/m0/s1. The summed E-state index contributed by atoms with van der Waals surface area (Å²) in [6.07, 6.45) is 1.72. The van der Waals surface area contributed by atoms with Crippen LogP contribution in [0.25, 0.3) is 10.9 Å². The number of hydrogen-bond acceptors (Lipinski definition) is 11. The summed E-state index contributed by atoms with van der Waals surface area (Å²) in [7, 11) is 0. The molecule has 0 radical (unpaired) electrons. The Hall–Kier alpha value is -6.31. The SMILES string of the molecule is CC[C@H](C)[C@H](NC(=O)[C@H](Cc1c[nH]c2ccccc12)NC(=O)[C@H](Cc1ccc(O)cc1)NC(=O)[C@@H](NC(=O)[C@@H](N)[C@@H](C)O)[C@@H](C)O)C(=O)N[C@@H](Cc1cnc[nH]1)C(=O)O.